The summed E-state index contributed by atoms with van der Waals surface area (Å²) in [6.07, 6.45) is 7.65. The van der Waals surface area contributed by atoms with Gasteiger partial charge in [0.2, 0.25) is 0 Å². The summed E-state index contributed by atoms with van der Waals surface area (Å²) in [7, 11) is 0. The number of hydrogen-bond donors (Lipinski definition) is 1. The number of hydrogen-bond acceptors (Lipinski definition) is 4. The first-order valence-electron chi connectivity index (χ1n) is 11.2. The summed E-state index contributed by atoms with van der Waals surface area (Å²) < 4.78 is 13.3. The molecule has 1 N–H and O–H groups in total. The summed E-state index contributed by atoms with van der Waals surface area (Å²) >= 11 is 0. The van der Waals surface area contributed by atoms with Gasteiger partial charge >= 0.3 is 0 Å². The molecule has 0 bridgehead atoms. The molecule has 1 unspecified atom stereocenters. The topological polar surface area (TPSA) is 39.1 Å². The Hall–Kier alpha value is -2.24. The number of likely N-dealkylation sites (tertiary alicyclic amines) is 1. The van der Waals surface area contributed by atoms with Gasteiger partial charge in [0, 0.05) is 32.3 Å². The van der Waals surface area contributed by atoms with Gasteiger partial charge < -0.3 is 5.11 Å². The molecule has 2 fully saturated rings. The Balaban J connectivity index is 1.15. The number of benzene rings is 2. The first-order chi connectivity index (χ1) is 14.6. The van der Waals surface area contributed by atoms with Crippen molar-refractivity contribution in [3.05, 3.63) is 65.5 Å². The molecule has 1 aliphatic carbocycles. The lowest BCUT2D eigenvalue weighted by atomic mass is 9.84. The lowest BCUT2D eigenvalue weighted by Crippen LogP contribution is -2.47. The van der Waals surface area contributed by atoms with Crippen LogP contribution in [-0.4, -0.2) is 41.0 Å². The van der Waals surface area contributed by atoms with Gasteiger partial charge in [0.15, 0.2) is 0 Å². The van der Waals surface area contributed by atoms with Crippen molar-refractivity contribution in [2.45, 2.75) is 62.6 Å². The second kappa shape index (κ2) is 8.12. The first-order valence-corrected chi connectivity index (χ1v) is 11.2. The lowest BCUT2D eigenvalue weighted by molar-refractivity contribution is -0.0333. The van der Waals surface area contributed by atoms with Crippen LogP contribution in [0.4, 0.5) is 10.1 Å². The minimum atomic E-state index is -0.664. The van der Waals surface area contributed by atoms with Crippen LogP contribution in [0.2, 0.25) is 0 Å². The molecule has 2 aliphatic heterocycles. The van der Waals surface area contributed by atoms with E-state index < -0.39 is 5.60 Å². The van der Waals surface area contributed by atoms with Gasteiger partial charge in [-0.25, -0.2) is 4.39 Å². The van der Waals surface area contributed by atoms with E-state index in [1.54, 1.807) is 12.1 Å². The summed E-state index contributed by atoms with van der Waals surface area (Å²) in [6, 6.07) is 15.7. The van der Waals surface area contributed by atoms with Crippen LogP contribution in [0, 0.1) is 5.82 Å². The molecular weight excluding hydrogens is 377 g/mol. The average Bonchev–Trinajstić information content (AvgIpc) is 3.51. The number of rotatable bonds is 6. The predicted octanol–water partition coefficient (Wildman–Crippen LogP) is 4.68. The Morgan fingerprint density at radius 3 is 2.37 bits per heavy atom. The fourth-order valence-corrected chi connectivity index (χ4v) is 4.83. The zero-order valence-electron chi connectivity index (χ0n) is 17.4. The van der Waals surface area contributed by atoms with Crippen LogP contribution in [0.3, 0.4) is 0 Å². The van der Waals surface area contributed by atoms with Gasteiger partial charge in [-0.2, -0.15) is 5.10 Å². The maximum absolute atomic E-state index is 13.3. The third kappa shape index (κ3) is 4.42. The third-order valence-electron chi connectivity index (χ3n) is 6.86. The summed E-state index contributed by atoms with van der Waals surface area (Å²) in [4.78, 5) is 2.45. The Kier molecular flexibility index (Phi) is 5.34. The SMILES string of the molecule is OC1(CC2CC=NN2c2ccc(F)cc2)CCN(Cc2ccc(C3CC3)cc2)CC1. The van der Waals surface area contributed by atoms with Crippen LogP contribution in [0.5, 0.6) is 0 Å². The van der Waals surface area contributed by atoms with Gasteiger partial charge in [-0.1, -0.05) is 24.3 Å². The molecule has 1 saturated carbocycles. The molecule has 0 aromatic heterocycles. The van der Waals surface area contributed by atoms with E-state index in [1.807, 2.05) is 11.2 Å². The molecule has 5 rings (SSSR count). The first kappa shape index (κ1) is 19.7. The quantitative estimate of drug-likeness (QED) is 0.755. The zero-order chi connectivity index (χ0) is 20.6. The van der Waals surface area contributed by atoms with E-state index in [0.717, 1.165) is 50.5 Å². The molecular formula is C25H30FN3O. The van der Waals surface area contributed by atoms with Gasteiger partial charge in [-0.3, -0.25) is 9.91 Å². The molecule has 2 aromatic carbocycles. The van der Waals surface area contributed by atoms with Crippen LogP contribution in [0.25, 0.3) is 0 Å². The number of nitrogens with zero attached hydrogens (tertiary/aromatic N) is 3. The Morgan fingerprint density at radius 2 is 1.70 bits per heavy atom. The van der Waals surface area contributed by atoms with E-state index in [-0.39, 0.29) is 11.9 Å². The van der Waals surface area contributed by atoms with Crippen LogP contribution >= 0.6 is 0 Å². The van der Waals surface area contributed by atoms with Crippen molar-refractivity contribution in [3.63, 3.8) is 0 Å². The van der Waals surface area contributed by atoms with Crippen molar-refractivity contribution in [3.8, 4) is 0 Å². The van der Waals surface area contributed by atoms with E-state index in [4.69, 9.17) is 0 Å². The third-order valence-corrected chi connectivity index (χ3v) is 6.86. The van der Waals surface area contributed by atoms with Gasteiger partial charge in [-0.05, 0) is 73.4 Å². The Labute approximate surface area is 178 Å². The van der Waals surface area contributed by atoms with E-state index in [1.165, 1.54) is 36.1 Å². The van der Waals surface area contributed by atoms with Crippen molar-refractivity contribution in [2.75, 3.05) is 18.1 Å². The molecule has 1 saturated heterocycles. The summed E-state index contributed by atoms with van der Waals surface area (Å²) in [5, 5.41) is 17.7. The number of piperidine rings is 1. The molecule has 2 aromatic rings. The van der Waals surface area contributed by atoms with E-state index >= 15 is 0 Å². The van der Waals surface area contributed by atoms with E-state index in [0.29, 0.717) is 6.42 Å². The molecule has 2 heterocycles. The van der Waals surface area contributed by atoms with Crippen molar-refractivity contribution < 1.29 is 9.50 Å². The predicted molar refractivity (Wildman–Crippen MR) is 118 cm³/mol. The summed E-state index contributed by atoms with van der Waals surface area (Å²) in [5.41, 5.74) is 3.06. The maximum Gasteiger partial charge on any atom is 0.123 e. The molecule has 4 nitrogen and oxygen atoms in total. The number of halogens is 1. The molecule has 30 heavy (non-hydrogen) atoms. The van der Waals surface area contributed by atoms with Gasteiger partial charge in [0.05, 0.1) is 17.3 Å². The molecule has 1 atom stereocenters. The Morgan fingerprint density at radius 1 is 1.00 bits per heavy atom. The van der Waals surface area contributed by atoms with E-state index in [2.05, 4.69) is 34.3 Å². The minimum Gasteiger partial charge on any atom is -0.390 e. The van der Waals surface area contributed by atoms with Crippen molar-refractivity contribution in [2.24, 2.45) is 5.10 Å². The van der Waals surface area contributed by atoms with Crippen LogP contribution in [0.15, 0.2) is 53.6 Å². The molecule has 158 valence electrons. The normalized spacial score (nSPS) is 23.8. The number of hydrazone groups is 1. The smallest absolute Gasteiger partial charge is 0.123 e. The lowest BCUT2D eigenvalue weighted by Gasteiger charge is -2.40. The second-order valence-corrected chi connectivity index (χ2v) is 9.23. The zero-order valence-corrected chi connectivity index (χ0v) is 17.4. The van der Waals surface area contributed by atoms with Crippen molar-refractivity contribution in [1.82, 2.24) is 4.90 Å². The fraction of sp³-hybridized carbons (Fsp3) is 0.480. The van der Waals surface area contributed by atoms with Crippen molar-refractivity contribution >= 4 is 11.9 Å². The number of aliphatic hydroxyl groups is 1. The molecule has 3 aliphatic rings. The molecule has 0 spiro atoms. The van der Waals surface area contributed by atoms with Gasteiger partial charge in [0.1, 0.15) is 5.82 Å². The minimum absolute atomic E-state index is 0.127. The monoisotopic (exact) mass is 407 g/mol. The highest BCUT2D eigenvalue weighted by molar-refractivity contribution is 5.66. The molecule has 5 heteroatoms. The fourth-order valence-electron chi connectivity index (χ4n) is 4.83. The van der Waals surface area contributed by atoms with Crippen LogP contribution in [0.1, 0.15) is 55.6 Å². The number of anilines is 1. The average molecular weight is 408 g/mol. The van der Waals surface area contributed by atoms with Gasteiger partial charge in [0.25, 0.3) is 0 Å². The molecule has 0 amide bonds. The highest BCUT2D eigenvalue weighted by atomic mass is 19.1. The molecule has 0 radical (unpaired) electrons. The Bertz CT molecular complexity index is 884. The highest BCUT2D eigenvalue weighted by Gasteiger charge is 2.37. The second-order valence-electron chi connectivity index (χ2n) is 9.23. The highest BCUT2D eigenvalue weighted by Crippen LogP contribution is 2.40. The van der Waals surface area contributed by atoms with Crippen molar-refractivity contribution in [1.29, 1.82) is 0 Å². The summed E-state index contributed by atoms with van der Waals surface area (Å²) in [5.74, 6) is 0.560. The van der Waals surface area contributed by atoms with Gasteiger partial charge in [-0.15, -0.1) is 0 Å². The van der Waals surface area contributed by atoms with Crippen LogP contribution in [-0.2, 0) is 6.54 Å². The largest absolute Gasteiger partial charge is 0.390 e. The summed E-state index contributed by atoms with van der Waals surface area (Å²) in [6.45, 7) is 2.77. The maximum atomic E-state index is 13.3. The van der Waals surface area contributed by atoms with E-state index in [9.17, 15) is 9.50 Å². The standard InChI is InChI=1S/C25H30FN3O/c26-22-7-9-23(10-8-22)29-24(11-14-27-29)17-25(30)12-15-28(16-13-25)18-19-1-3-20(4-2-19)21-5-6-21/h1-4,7-10,14,21,24,30H,5-6,11-13,15-18H2. The van der Waals surface area contributed by atoms with Crippen LogP contribution < -0.4 is 5.01 Å².